The highest BCUT2D eigenvalue weighted by atomic mass is 32.1. The Balaban J connectivity index is 2.77. The average Bonchev–Trinajstić information content (AvgIpc) is 2.29. The SMILES string of the molecule is CN1C(=S)N[C@@H](C(O)C(O)CO)[C@@H](O)[C@@H]1O. The lowest BCUT2D eigenvalue weighted by molar-refractivity contribution is -0.116. The molecule has 1 aliphatic heterocycles. The summed E-state index contributed by atoms with van der Waals surface area (Å²) in [5, 5.41) is 49.5. The quantitative estimate of drug-likeness (QED) is 0.287. The van der Waals surface area contributed by atoms with Crippen molar-refractivity contribution in [1.29, 1.82) is 0 Å². The molecular formula is C8H16N2O5S. The molecule has 0 amide bonds. The third kappa shape index (κ3) is 2.42. The number of nitrogens with zero attached hydrogens (tertiary/aromatic N) is 1. The summed E-state index contributed by atoms with van der Waals surface area (Å²) in [6, 6.07) is -1.03. The first-order chi connectivity index (χ1) is 7.40. The molecule has 0 aliphatic carbocycles. The van der Waals surface area contributed by atoms with Crippen LogP contribution in [0.1, 0.15) is 0 Å². The van der Waals surface area contributed by atoms with Gasteiger partial charge in [-0.05, 0) is 12.2 Å². The fourth-order valence-corrected chi connectivity index (χ4v) is 1.74. The summed E-state index contributed by atoms with van der Waals surface area (Å²) in [5.41, 5.74) is 0. The van der Waals surface area contributed by atoms with E-state index in [1.807, 2.05) is 0 Å². The van der Waals surface area contributed by atoms with Gasteiger partial charge in [-0.1, -0.05) is 0 Å². The van der Waals surface area contributed by atoms with Gasteiger partial charge in [0.2, 0.25) is 0 Å². The van der Waals surface area contributed by atoms with Crippen molar-refractivity contribution in [3.8, 4) is 0 Å². The van der Waals surface area contributed by atoms with Gasteiger partial charge in [-0.2, -0.15) is 0 Å². The Hall–Kier alpha value is -0.510. The van der Waals surface area contributed by atoms with Gasteiger partial charge >= 0.3 is 0 Å². The third-order valence-corrected chi connectivity index (χ3v) is 3.04. The minimum absolute atomic E-state index is 0.145. The van der Waals surface area contributed by atoms with Crippen LogP contribution in [0.25, 0.3) is 0 Å². The van der Waals surface area contributed by atoms with Gasteiger partial charge in [-0.3, -0.25) is 0 Å². The molecule has 0 bridgehead atoms. The number of hydrogen-bond donors (Lipinski definition) is 6. The van der Waals surface area contributed by atoms with E-state index in [0.29, 0.717) is 0 Å². The summed E-state index contributed by atoms with van der Waals surface area (Å²) in [6.07, 6.45) is -5.43. The second kappa shape index (κ2) is 5.21. The van der Waals surface area contributed by atoms with E-state index in [1.54, 1.807) is 0 Å². The Morgan fingerprint density at radius 3 is 2.50 bits per heavy atom. The van der Waals surface area contributed by atoms with Crippen LogP contribution in [0.3, 0.4) is 0 Å². The van der Waals surface area contributed by atoms with Gasteiger partial charge in [0.1, 0.15) is 18.3 Å². The lowest BCUT2D eigenvalue weighted by Crippen LogP contribution is -2.68. The van der Waals surface area contributed by atoms with E-state index in [0.717, 1.165) is 0 Å². The van der Waals surface area contributed by atoms with E-state index in [4.69, 9.17) is 17.3 Å². The molecule has 0 radical (unpaired) electrons. The summed E-state index contributed by atoms with van der Waals surface area (Å²) in [5.74, 6) is 0. The highest BCUT2D eigenvalue weighted by molar-refractivity contribution is 7.80. The summed E-state index contributed by atoms with van der Waals surface area (Å²) in [7, 11) is 1.48. The van der Waals surface area contributed by atoms with Gasteiger partial charge in [-0.25, -0.2) is 0 Å². The van der Waals surface area contributed by atoms with Crippen LogP contribution < -0.4 is 5.32 Å². The zero-order chi connectivity index (χ0) is 12.5. The fraction of sp³-hybridized carbons (Fsp3) is 0.875. The molecule has 94 valence electrons. The van der Waals surface area contributed by atoms with Crippen molar-refractivity contribution in [2.45, 2.75) is 30.6 Å². The van der Waals surface area contributed by atoms with Crippen LogP contribution in [0.5, 0.6) is 0 Å². The topological polar surface area (TPSA) is 116 Å². The Labute approximate surface area is 97.9 Å². The molecule has 2 unspecified atom stereocenters. The fourth-order valence-electron chi connectivity index (χ4n) is 1.50. The van der Waals surface area contributed by atoms with Crippen LogP contribution >= 0.6 is 12.2 Å². The van der Waals surface area contributed by atoms with E-state index in [2.05, 4.69) is 5.32 Å². The standard InChI is InChI=1S/C8H16N2O5S/c1-10-7(15)6(14)4(9-8(10)16)5(13)3(12)2-11/h3-7,11-15H,2H2,1H3,(H,9,16)/t3?,4-,5?,6+,7-/m0/s1. The minimum Gasteiger partial charge on any atom is -0.394 e. The predicted octanol–water partition coefficient (Wildman–Crippen LogP) is -3.43. The molecule has 0 saturated carbocycles. The van der Waals surface area contributed by atoms with E-state index in [-0.39, 0.29) is 5.11 Å². The third-order valence-electron chi connectivity index (χ3n) is 2.63. The van der Waals surface area contributed by atoms with Gasteiger partial charge in [-0.15, -0.1) is 0 Å². The molecule has 1 rings (SSSR count). The molecule has 0 spiro atoms. The van der Waals surface area contributed by atoms with Crippen LogP contribution in [-0.4, -0.2) is 79.8 Å². The summed E-state index contributed by atoms with van der Waals surface area (Å²) in [6.45, 7) is -0.648. The molecule has 5 atom stereocenters. The molecule has 6 N–H and O–H groups in total. The monoisotopic (exact) mass is 252 g/mol. The molecule has 1 aliphatic rings. The molecule has 0 aromatic rings. The molecule has 1 saturated heterocycles. The molecular weight excluding hydrogens is 236 g/mol. The first-order valence-electron chi connectivity index (χ1n) is 4.76. The van der Waals surface area contributed by atoms with Gasteiger partial charge < -0.3 is 35.7 Å². The summed E-state index contributed by atoms with van der Waals surface area (Å²) >= 11 is 4.87. The molecule has 8 heteroatoms. The van der Waals surface area contributed by atoms with Gasteiger partial charge in [0.05, 0.1) is 12.6 Å². The Bertz CT molecular complexity index is 263. The second-order valence-electron chi connectivity index (χ2n) is 3.73. The average molecular weight is 252 g/mol. The van der Waals surface area contributed by atoms with Crippen molar-refractivity contribution in [1.82, 2.24) is 10.2 Å². The zero-order valence-corrected chi connectivity index (χ0v) is 9.50. The maximum absolute atomic E-state index is 9.67. The van der Waals surface area contributed by atoms with Crippen molar-refractivity contribution >= 4 is 17.3 Å². The van der Waals surface area contributed by atoms with Crippen LogP contribution in [0.2, 0.25) is 0 Å². The molecule has 1 heterocycles. The second-order valence-corrected chi connectivity index (χ2v) is 4.12. The molecule has 16 heavy (non-hydrogen) atoms. The maximum atomic E-state index is 9.67. The van der Waals surface area contributed by atoms with E-state index in [9.17, 15) is 20.4 Å². The van der Waals surface area contributed by atoms with Gasteiger partial charge in [0.15, 0.2) is 11.3 Å². The van der Waals surface area contributed by atoms with E-state index >= 15 is 0 Å². The number of hydrogen-bond acceptors (Lipinski definition) is 6. The van der Waals surface area contributed by atoms with Crippen molar-refractivity contribution in [2.75, 3.05) is 13.7 Å². The molecule has 7 nitrogen and oxygen atoms in total. The van der Waals surface area contributed by atoms with Crippen LogP contribution in [0.15, 0.2) is 0 Å². The van der Waals surface area contributed by atoms with Crippen LogP contribution in [-0.2, 0) is 0 Å². The lowest BCUT2D eigenvalue weighted by atomic mass is 9.97. The van der Waals surface area contributed by atoms with Crippen molar-refractivity contribution in [2.24, 2.45) is 0 Å². The van der Waals surface area contributed by atoms with Gasteiger partial charge in [0, 0.05) is 7.05 Å². The number of likely N-dealkylation sites (N-methyl/N-ethyl adjacent to an activating group) is 1. The summed E-state index contributed by atoms with van der Waals surface area (Å²) in [4.78, 5) is 1.23. The first kappa shape index (κ1) is 13.6. The van der Waals surface area contributed by atoms with E-state index in [1.165, 1.54) is 11.9 Å². The first-order valence-corrected chi connectivity index (χ1v) is 5.17. The molecule has 0 aromatic heterocycles. The normalized spacial score (nSPS) is 34.5. The lowest BCUT2D eigenvalue weighted by Gasteiger charge is -2.43. The van der Waals surface area contributed by atoms with Crippen molar-refractivity contribution < 1.29 is 25.5 Å². The number of rotatable bonds is 3. The van der Waals surface area contributed by atoms with Crippen LogP contribution in [0.4, 0.5) is 0 Å². The number of aliphatic hydroxyl groups is 5. The van der Waals surface area contributed by atoms with Crippen LogP contribution in [0, 0.1) is 0 Å². The van der Waals surface area contributed by atoms with Crippen molar-refractivity contribution in [3.05, 3.63) is 0 Å². The Kier molecular flexibility index (Phi) is 4.42. The maximum Gasteiger partial charge on any atom is 0.171 e. The van der Waals surface area contributed by atoms with Crippen molar-refractivity contribution in [3.63, 3.8) is 0 Å². The largest absolute Gasteiger partial charge is 0.394 e. The molecule has 1 fully saturated rings. The summed E-state index contributed by atoms with van der Waals surface area (Å²) < 4.78 is 0. The number of thiocarbonyl (C=S) groups is 1. The van der Waals surface area contributed by atoms with Gasteiger partial charge in [0.25, 0.3) is 0 Å². The zero-order valence-electron chi connectivity index (χ0n) is 8.69. The van der Waals surface area contributed by atoms with E-state index < -0.39 is 37.2 Å². The predicted molar refractivity (Wildman–Crippen MR) is 58.4 cm³/mol. The Morgan fingerprint density at radius 1 is 1.44 bits per heavy atom. The smallest absolute Gasteiger partial charge is 0.171 e. The molecule has 0 aromatic carbocycles. The number of nitrogens with one attached hydrogen (secondary N) is 1. The highest BCUT2D eigenvalue weighted by Crippen LogP contribution is 2.15. The Morgan fingerprint density at radius 2 is 2.00 bits per heavy atom. The minimum atomic E-state index is -1.43. The number of aliphatic hydroxyl groups excluding tert-OH is 5. The highest BCUT2D eigenvalue weighted by Gasteiger charge is 2.41.